The third-order valence-corrected chi connectivity index (χ3v) is 4.73. The minimum absolute atomic E-state index is 0.230. The molecule has 31 heavy (non-hydrogen) atoms. The highest BCUT2D eigenvalue weighted by Crippen LogP contribution is 2.23. The van der Waals surface area contributed by atoms with Crippen molar-refractivity contribution in [2.24, 2.45) is 5.73 Å². The van der Waals surface area contributed by atoms with E-state index in [2.05, 4.69) is 25.6 Å². The van der Waals surface area contributed by atoms with Gasteiger partial charge in [0, 0.05) is 17.6 Å². The standard InChI is InChI=1S/C22H17ClN6O2/c23-18-9-3-8-17(29-18)22(31)28-14-5-1-4-13(10-14)11-25-21-16-7-2-6-15(20(24)30)19(16)26-12-27-21/h1-10,12H,11H2,(H2,24,30)(H,28,31)(H,25,26,27). The number of aromatic nitrogens is 3. The van der Waals surface area contributed by atoms with Gasteiger partial charge in [0.05, 0.1) is 11.1 Å². The number of amides is 2. The van der Waals surface area contributed by atoms with Crippen molar-refractivity contribution >= 4 is 45.8 Å². The number of hydrogen-bond donors (Lipinski definition) is 3. The number of fused-ring (bicyclic) bond motifs is 1. The van der Waals surface area contributed by atoms with Crippen LogP contribution in [-0.2, 0) is 6.54 Å². The quantitative estimate of drug-likeness (QED) is 0.400. The molecule has 4 N–H and O–H groups in total. The topological polar surface area (TPSA) is 123 Å². The number of pyridine rings is 1. The third-order valence-electron chi connectivity index (χ3n) is 4.52. The van der Waals surface area contributed by atoms with Crippen LogP contribution in [0.3, 0.4) is 0 Å². The lowest BCUT2D eigenvalue weighted by molar-refractivity contribution is 0.0998. The van der Waals surface area contributed by atoms with Gasteiger partial charge in [-0.1, -0.05) is 35.9 Å². The zero-order chi connectivity index (χ0) is 21.8. The number of primary amides is 1. The second-order valence-corrected chi connectivity index (χ2v) is 7.03. The van der Waals surface area contributed by atoms with Crippen LogP contribution in [0.1, 0.15) is 26.4 Å². The van der Waals surface area contributed by atoms with Gasteiger partial charge in [-0.15, -0.1) is 0 Å². The summed E-state index contributed by atoms with van der Waals surface area (Å²) in [6.45, 7) is 0.437. The molecule has 0 unspecified atom stereocenters. The number of para-hydroxylation sites is 1. The lowest BCUT2D eigenvalue weighted by Crippen LogP contribution is -2.14. The molecular weight excluding hydrogens is 416 g/mol. The summed E-state index contributed by atoms with van der Waals surface area (Å²) in [5.41, 5.74) is 8.02. The van der Waals surface area contributed by atoms with Crippen molar-refractivity contribution in [3.05, 3.63) is 89.0 Å². The van der Waals surface area contributed by atoms with E-state index < -0.39 is 5.91 Å². The zero-order valence-corrected chi connectivity index (χ0v) is 16.9. The van der Waals surface area contributed by atoms with E-state index in [0.29, 0.717) is 34.5 Å². The molecule has 2 amide bonds. The van der Waals surface area contributed by atoms with Crippen molar-refractivity contribution in [1.29, 1.82) is 0 Å². The predicted molar refractivity (Wildman–Crippen MR) is 119 cm³/mol. The van der Waals surface area contributed by atoms with Crippen molar-refractivity contribution in [3.8, 4) is 0 Å². The van der Waals surface area contributed by atoms with Crippen LogP contribution < -0.4 is 16.4 Å². The van der Waals surface area contributed by atoms with Gasteiger partial charge >= 0.3 is 0 Å². The van der Waals surface area contributed by atoms with Crippen molar-refractivity contribution in [1.82, 2.24) is 15.0 Å². The first-order valence-electron chi connectivity index (χ1n) is 9.31. The van der Waals surface area contributed by atoms with E-state index in [0.717, 1.165) is 5.56 Å². The van der Waals surface area contributed by atoms with Gasteiger partial charge in [-0.3, -0.25) is 9.59 Å². The monoisotopic (exact) mass is 432 g/mol. The molecule has 0 bridgehead atoms. The number of carbonyl (C=O) groups is 2. The number of halogens is 1. The van der Waals surface area contributed by atoms with Crippen LogP contribution in [0.2, 0.25) is 5.15 Å². The van der Waals surface area contributed by atoms with Gasteiger partial charge in [-0.05, 0) is 42.0 Å². The number of carbonyl (C=O) groups excluding carboxylic acids is 2. The van der Waals surface area contributed by atoms with Crippen LogP contribution in [0.15, 0.2) is 67.0 Å². The smallest absolute Gasteiger partial charge is 0.274 e. The van der Waals surface area contributed by atoms with Crippen molar-refractivity contribution in [2.75, 3.05) is 10.6 Å². The molecule has 0 aliphatic carbocycles. The Morgan fingerprint density at radius 2 is 1.81 bits per heavy atom. The van der Waals surface area contributed by atoms with Crippen molar-refractivity contribution in [2.45, 2.75) is 6.54 Å². The highest BCUT2D eigenvalue weighted by Gasteiger charge is 2.12. The lowest BCUT2D eigenvalue weighted by atomic mass is 10.1. The van der Waals surface area contributed by atoms with Crippen LogP contribution in [0.5, 0.6) is 0 Å². The Labute approximate surface area is 182 Å². The third kappa shape index (κ3) is 4.59. The predicted octanol–water partition coefficient (Wildman–Crippen LogP) is 3.64. The molecule has 2 aromatic heterocycles. The molecule has 0 saturated carbocycles. The van der Waals surface area contributed by atoms with Crippen molar-refractivity contribution in [3.63, 3.8) is 0 Å². The highest BCUT2D eigenvalue weighted by molar-refractivity contribution is 6.29. The average Bonchev–Trinajstić information content (AvgIpc) is 2.77. The van der Waals surface area contributed by atoms with Gasteiger partial charge in [0.2, 0.25) is 0 Å². The van der Waals surface area contributed by atoms with Gasteiger partial charge in [0.15, 0.2) is 0 Å². The molecular formula is C22H17ClN6O2. The fourth-order valence-electron chi connectivity index (χ4n) is 3.10. The summed E-state index contributed by atoms with van der Waals surface area (Å²) in [6, 6.07) is 17.4. The largest absolute Gasteiger partial charge is 0.366 e. The maximum Gasteiger partial charge on any atom is 0.274 e. The van der Waals surface area contributed by atoms with Crippen LogP contribution in [0.25, 0.3) is 10.9 Å². The van der Waals surface area contributed by atoms with E-state index in [1.807, 2.05) is 24.3 Å². The summed E-state index contributed by atoms with van der Waals surface area (Å²) in [7, 11) is 0. The summed E-state index contributed by atoms with van der Waals surface area (Å²) >= 11 is 5.85. The highest BCUT2D eigenvalue weighted by atomic mass is 35.5. The van der Waals surface area contributed by atoms with E-state index in [9.17, 15) is 9.59 Å². The first-order valence-corrected chi connectivity index (χ1v) is 9.69. The van der Waals surface area contributed by atoms with Crippen LogP contribution in [-0.4, -0.2) is 26.8 Å². The van der Waals surface area contributed by atoms with E-state index in [1.165, 1.54) is 6.33 Å². The molecule has 0 radical (unpaired) electrons. The van der Waals surface area contributed by atoms with E-state index in [1.54, 1.807) is 36.4 Å². The number of nitrogens with one attached hydrogen (secondary N) is 2. The number of anilines is 2. The maximum absolute atomic E-state index is 12.4. The molecule has 0 spiro atoms. The van der Waals surface area contributed by atoms with Crippen LogP contribution in [0.4, 0.5) is 11.5 Å². The molecule has 4 rings (SSSR count). The molecule has 0 atom stereocenters. The maximum atomic E-state index is 12.4. The Hall–Kier alpha value is -4.04. The Morgan fingerprint density at radius 1 is 1.00 bits per heavy atom. The Balaban J connectivity index is 1.51. The van der Waals surface area contributed by atoms with E-state index in [-0.39, 0.29) is 16.8 Å². The molecule has 0 aliphatic heterocycles. The minimum atomic E-state index is -0.548. The summed E-state index contributed by atoms with van der Waals surface area (Å²) in [4.78, 5) is 36.5. The molecule has 4 aromatic rings. The van der Waals surface area contributed by atoms with Gasteiger partial charge < -0.3 is 16.4 Å². The van der Waals surface area contributed by atoms with Gasteiger partial charge in [-0.2, -0.15) is 0 Å². The lowest BCUT2D eigenvalue weighted by Gasteiger charge is -2.11. The number of rotatable bonds is 6. The molecule has 8 nitrogen and oxygen atoms in total. The number of nitrogens with zero attached hydrogens (tertiary/aromatic N) is 3. The summed E-state index contributed by atoms with van der Waals surface area (Å²) in [5, 5.41) is 6.99. The molecule has 154 valence electrons. The first-order chi connectivity index (χ1) is 15.0. The van der Waals surface area contributed by atoms with Crippen LogP contribution >= 0.6 is 11.6 Å². The van der Waals surface area contributed by atoms with E-state index in [4.69, 9.17) is 17.3 Å². The fourth-order valence-corrected chi connectivity index (χ4v) is 3.27. The second kappa shape index (κ2) is 8.76. The number of nitrogens with two attached hydrogens (primary N) is 1. The normalized spacial score (nSPS) is 10.6. The van der Waals surface area contributed by atoms with Crippen LogP contribution in [0, 0.1) is 0 Å². The van der Waals surface area contributed by atoms with E-state index >= 15 is 0 Å². The molecule has 9 heteroatoms. The van der Waals surface area contributed by atoms with Gasteiger partial charge in [0.1, 0.15) is 23.0 Å². The Bertz CT molecular complexity index is 1290. The molecule has 2 aromatic carbocycles. The molecule has 0 saturated heterocycles. The molecule has 2 heterocycles. The van der Waals surface area contributed by atoms with Gasteiger partial charge in [-0.25, -0.2) is 15.0 Å². The zero-order valence-electron chi connectivity index (χ0n) is 16.2. The van der Waals surface area contributed by atoms with Crippen molar-refractivity contribution < 1.29 is 9.59 Å². The molecule has 0 fully saturated rings. The SMILES string of the molecule is NC(=O)c1cccc2c(NCc3cccc(NC(=O)c4cccc(Cl)n4)c3)ncnc12. The molecule has 0 aliphatic rings. The second-order valence-electron chi connectivity index (χ2n) is 6.64. The Morgan fingerprint density at radius 3 is 2.61 bits per heavy atom. The minimum Gasteiger partial charge on any atom is -0.366 e. The fraction of sp³-hybridized carbons (Fsp3) is 0.0455. The first kappa shape index (κ1) is 20.2. The number of benzene rings is 2. The Kier molecular flexibility index (Phi) is 5.72. The average molecular weight is 433 g/mol. The summed E-state index contributed by atoms with van der Waals surface area (Å²) < 4.78 is 0. The van der Waals surface area contributed by atoms with Gasteiger partial charge in [0.25, 0.3) is 11.8 Å². The summed E-state index contributed by atoms with van der Waals surface area (Å²) in [6.07, 6.45) is 1.38. The number of hydrogen-bond acceptors (Lipinski definition) is 6. The summed E-state index contributed by atoms with van der Waals surface area (Å²) in [5.74, 6) is -0.327.